The van der Waals surface area contributed by atoms with Crippen LogP contribution in [-0.4, -0.2) is 13.7 Å². The van der Waals surface area contributed by atoms with E-state index in [0.717, 1.165) is 33.8 Å². The lowest BCUT2D eigenvalue weighted by molar-refractivity contribution is 0.284. The van der Waals surface area contributed by atoms with Crippen molar-refractivity contribution in [3.05, 3.63) is 131 Å². The van der Waals surface area contributed by atoms with Gasteiger partial charge in [0.15, 0.2) is 11.5 Å². The number of hydrogen-bond acceptors (Lipinski definition) is 4. The van der Waals surface area contributed by atoms with Crippen LogP contribution in [0.15, 0.2) is 109 Å². The summed E-state index contributed by atoms with van der Waals surface area (Å²) < 4.78 is 23.7. The first-order chi connectivity index (χ1) is 18.6. The lowest BCUT2D eigenvalue weighted by atomic mass is 10.1. The molecule has 0 amide bonds. The Bertz CT molecular complexity index is 1350. The highest BCUT2D eigenvalue weighted by molar-refractivity contribution is 5.72. The van der Waals surface area contributed by atoms with Gasteiger partial charge in [0.25, 0.3) is 0 Å². The van der Waals surface area contributed by atoms with Gasteiger partial charge in [-0.1, -0.05) is 84.5 Å². The smallest absolute Gasteiger partial charge is 0.162 e. The molecular weight excluding hydrogens is 472 g/mol. The fraction of sp³-hybridized carbons (Fsp3) is 0.176. The van der Waals surface area contributed by atoms with Crippen molar-refractivity contribution in [2.75, 3.05) is 13.7 Å². The molecular formula is C34H34O4. The Morgan fingerprint density at radius 3 is 1.84 bits per heavy atom. The van der Waals surface area contributed by atoms with Crippen molar-refractivity contribution in [2.24, 2.45) is 0 Å². The average molecular weight is 507 g/mol. The molecule has 0 aliphatic heterocycles. The minimum atomic E-state index is 0.470. The third-order valence-electron chi connectivity index (χ3n) is 5.79. The van der Waals surface area contributed by atoms with Gasteiger partial charge in [0.05, 0.1) is 7.11 Å². The zero-order valence-electron chi connectivity index (χ0n) is 22.2. The van der Waals surface area contributed by atoms with Gasteiger partial charge in [-0.15, -0.1) is 0 Å². The zero-order valence-corrected chi connectivity index (χ0v) is 22.2. The molecule has 0 aromatic heterocycles. The van der Waals surface area contributed by atoms with E-state index in [9.17, 15) is 0 Å². The Hall–Kier alpha value is -4.44. The van der Waals surface area contributed by atoms with Gasteiger partial charge in [0.1, 0.15) is 31.3 Å². The lowest BCUT2D eigenvalue weighted by Crippen LogP contribution is -1.98. The van der Waals surface area contributed by atoms with E-state index in [0.29, 0.717) is 31.3 Å². The normalized spacial score (nSPS) is 10.7. The summed E-state index contributed by atoms with van der Waals surface area (Å²) in [5.41, 5.74) is 5.40. The lowest BCUT2D eigenvalue weighted by Gasteiger charge is -2.12. The van der Waals surface area contributed by atoms with Crippen LogP contribution < -0.4 is 18.9 Å². The quantitative estimate of drug-likeness (QED) is 0.143. The van der Waals surface area contributed by atoms with Crippen molar-refractivity contribution >= 4 is 12.2 Å². The summed E-state index contributed by atoms with van der Waals surface area (Å²) >= 11 is 0. The first kappa shape index (κ1) is 26.6. The fourth-order valence-corrected chi connectivity index (χ4v) is 3.74. The predicted molar refractivity (Wildman–Crippen MR) is 155 cm³/mol. The summed E-state index contributed by atoms with van der Waals surface area (Å²) in [7, 11) is 1.65. The Morgan fingerprint density at radius 1 is 0.605 bits per heavy atom. The molecule has 4 heteroatoms. The van der Waals surface area contributed by atoms with E-state index in [1.54, 1.807) is 7.11 Å². The second-order valence-corrected chi connectivity index (χ2v) is 9.12. The Kier molecular flexibility index (Phi) is 9.63. The molecule has 0 aliphatic rings. The Morgan fingerprint density at radius 2 is 1.21 bits per heavy atom. The highest BCUT2D eigenvalue weighted by Crippen LogP contribution is 2.30. The second-order valence-electron chi connectivity index (χ2n) is 9.12. The van der Waals surface area contributed by atoms with Crippen LogP contribution in [0.5, 0.6) is 23.0 Å². The summed E-state index contributed by atoms with van der Waals surface area (Å²) in [5.74, 6) is 2.91. The first-order valence-corrected chi connectivity index (χ1v) is 12.7. The highest BCUT2D eigenvalue weighted by atomic mass is 16.5. The van der Waals surface area contributed by atoms with Crippen molar-refractivity contribution in [1.82, 2.24) is 0 Å². The molecule has 0 saturated heterocycles. The topological polar surface area (TPSA) is 36.9 Å². The average Bonchev–Trinajstić information content (AvgIpc) is 2.95. The van der Waals surface area contributed by atoms with Crippen LogP contribution in [0.25, 0.3) is 12.2 Å². The number of hydrogen-bond donors (Lipinski definition) is 0. The molecule has 0 heterocycles. The zero-order chi connectivity index (χ0) is 26.6. The van der Waals surface area contributed by atoms with E-state index in [4.69, 9.17) is 18.9 Å². The van der Waals surface area contributed by atoms with E-state index in [-0.39, 0.29) is 0 Å². The van der Waals surface area contributed by atoms with E-state index in [1.165, 1.54) is 5.57 Å². The molecule has 4 rings (SSSR count). The van der Waals surface area contributed by atoms with E-state index in [2.05, 4.69) is 32.1 Å². The van der Waals surface area contributed by atoms with Crippen molar-refractivity contribution in [1.29, 1.82) is 0 Å². The standard InChI is InChI=1S/C34H34O4/c1-26(2)18-19-36-31-20-30(21-32(23-31)37-24-28-10-6-4-7-11-28)15-14-27-16-17-33(35-3)34(22-27)38-25-29-12-8-5-9-13-29/h4-18,20-23H,19,24-25H2,1-3H3. The largest absolute Gasteiger partial charge is 0.493 e. The van der Waals surface area contributed by atoms with E-state index in [1.807, 2.05) is 97.1 Å². The van der Waals surface area contributed by atoms with E-state index >= 15 is 0 Å². The molecule has 0 unspecified atom stereocenters. The van der Waals surface area contributed by atoms with E-state index < -0.39 is 0 Å². The maximum absolute atomic E-state index is 6.11. The predicted octanol–water partition coefficient (Wildman–Crippen LogP) is 8.37. The summed E-state index contributed by atoms with van der Waals surface area (Å²) in [6, 6.07) is 32.1. The summed E-state index contributed by atoms with van der Waals surface area (Å²) in [5, 5.41) is 0. The number of benzene rings is 4. The molecule has 4 aromatic carbocycles. The Balaban J connectivity index is 1.53. The van der Waals surface area contributed by atoms with Crippen LogP contribution >= 0.6 is 0 Å². The molecule has 0 saturated carbocycles. The van der Waals surface area contributed by atoms with Gasteiger partial charge >= 0.3 is 0 Å². The molecule has 38 heavy (non-hydrogen) atoms. The third kappa shape index (κ3) is 8.31. The SMILES string of the molecule is COc1ccc(C=Cc2cc(OCC=C(C)C)cc(OCc3ccccc3)c2)cc1OCc1ccccc1. The molecule has 4 aromatic rings. The highest BCUT2D eigenvalue weighted by Gasteiger charge is 2.07. The summed E-state index contributed by atoms with van der Waals surface area (Å²) in [4.78, 5) is 0. The minimum Gasteiger partial charge on any atom is -0.493 e. The monoisotopic (exact) mass is 506 g/mol. The van der Waals surface area contributed by atoms with Crippen LogP contribution in [0.2, 0.25) is 0 Å². The summed E-state index contributed by atoms with van der Waals surface area (Å²) in [6.45, 7) is 5.58. The number of rotatable bonds is 12. The van der Waals surface area contributed by atoms with Gasteiger partial charge in [0.2, 0.25) is 0 Å². The molecule has 0 bridgehead atoms. The molecule has 0 radical (unpaired) electrons. The molecule has 194 valence electrons. The molecule has 0 spiro atoms. The van der Waals surface area contributed by atoms with Crippen molar-refractivity contribution in [2.45, 2.75) is 27.1 Å². The molecule has 0 N–H and O–H groups in total. The third-order valence-corrected chi connectivity index (χ3v) is 5.79. The van der Waals surface area contributed by atoms with Crippen molar-refractivity contribution in [3.63, 3.8) is 0 Å². The maximum atomic E-state index is 6.11. The minimum absolute atomic E-state index is 0.470. The van der Waals surface area contributed by atoms with Gasteiger partial charge in [-0.2, -0.15) is 0 Å². The van der Waals surface area contributed by atoms with Gasteiger partial charge < -0.3 is 18.9 Å². The summed E-state index contributed by atoms with van der Waals surface area (Å²) in [6.07, 6.45) is 6.15. The molecule has 0 atom stereocenters. The second kappa shape index (κ2) is 13.8. The van der Waals surface area contributed by atoms with Gasteiger partial charge in [0, 0.05) is 6.07 Å². The molecule has 0 fully saturated rings. The molecule has 0 aliphatic carbocycles. The van der Waals surface area contributed by atoms with Crippen LogP contribution in [-0.2, 0) is 13.2 Å². The first-order valence-electron chi connectivity index (χ1n) is 12.7. The number of methoxy groups -OCH3 is 1. The van der Waals surface area contributed by atoms with Crippen LogP contribution in [0, 0.1) is 0 Å². The van der Waals surface area contributed by atoms with Crippen molar-refractivity contribution < 1.29 is 18.9 Å². The van der Waals surface area contributed by atoms with Crippen molar-refractivity contribution in [3.8, 4) is 23.0 Å². The van der Waals surface area contributed by atoms with Gasteiger partial charge in [-0.05, 0) is 66.4 Å². The number of ether oxygens (including phenoxy) is 4. The maximum Gasteiger partial charge on any atom is 0.162 e. The van der Waals surface area contributed by atoms with Gasteiger partial charge in [-0.25, -0.2) is 0 Å². The van der Waals surface area contributed by atoms with Crippen LogP contribution in [0.4, 0.5) is 0 Å². The number of allylic oxidation sites excluding steroid dienone is 1. The molecule has 4 nitrogen and oxygen atoms in total. The fourth-order valence-electron chi connectivity index (χ4n) is 3.74. The van der Waals surface area contributed by atoms with Gasteiger partial charge in [-0.3, -0.25) is 0 Å². The van der Waals surface area contributed by atoms with Crippen LogP contribution in [0.3, 0.4) is 0 Å². The Labute approximate surface area is 225 Å². The van der Waals surface area contributed by atoms with Crippen LogP contribution in [0.1, 0.15) is 36.1 Å².